The van der Waals surface area contributed by atoms with Gasteiger partial charge in [-0.2, -0.15) is 0 Å². The Hall–Kier alpha value is -0.930. The lowest BCUT2D eigenvalue weighted by Gasteiger charge is -2.17. The summed E-state index contributed by atoms with van der Waals surface area (Å²) in [6, 6.07) is 3.41. The second-order valence-electron chi connectivity index (χ2n) is 3.60. The highest BCUT2D eigenvalue weighted by atomic mass is 35.5. The van der Waals surface area contributed by atoms with E-state index in [1.54, 1.807) is 19.2 Å². The molecule has 0 unspecified atom stereocenters. The number of aliphatic hydroxyl groups is 1. The molecule has 0 radical (unpaired) electrons. The van der Waals surface area contributed by atoms with Crippen LogP contribution in [0.1, 0.15) is 25.8 Å². The number of methoxy groups -OCH3 is 1. The maximum Gasteiger partial charge on any atom is 0.180 e. The maximum atomic E-state index is 9.05. The molecular weight excluding hydrogens is 228 g/mol. The molecule has 16 heavy (non-hydrogen) atoms. The first-order valence-corrected chi connectivity index (χ1v) is 5.64. The van der Waals surface area contributed by atoms with E-state index in [9.17, 15) is 0 Å². The van der Waals surface area contributed by atoms with E-state index < -0.39 is 0 Å². The lowest BCUT2D eigenvalue weighted by molar-refractivity contribution is 0.207. The van der Waals surface area contributed by atoms with Gasteiger partial charge in [0.25, 0.3) is 0 Å². The fourth-order valence-electron chi connectivity index (χ4n) is 1.26. The predicted molar refractivity (Wildman–Crippen MR) is 64.3 cm³/mol. The van der Waals surface area contributed by atoms with Crippen LogP contribution < -0.4 is 9.47 Å². The standard InChI is InChI=1S/C12H17ClO3/c1-4-8(2)16-12-10(13)5-9(7-14)6-11(12)15-3/h5-6,8,14H,4,7H2,1-3H3/t8-/m1/s1. The van der Waals surface area contributed by atoms with Crippen LogP contribution in [0.3, 0.4) is 0 Å². The van der Waals surface area contributed by atoms with Crippen LogP contribution in [0.2, 0.25) is 5.02 Å². The highest BCUT2D eigenvalue weighted by Crippen LogP contribution is 2.37. The van der Waals surface area contributed by atoms with Crippen LogP contribution in [0.4, 0.5) is 0 Å². The Kier molecular flexibility index (Phi) is 4.90. The number of ether oxygens (including phenoxy) is 2. The summed E-state index contributed by atoms with van der Waals surface area (Å²) in [5.74, 6) is 1.09. The van der Waals surface area contributed by atoms with Gasteiger partial charge in [0.15, 0.2) is 11.5 Å². The largest absolute Gasteiger partial charge is 0.493 e. The summed E-state index contributed by atoms with van der Waals surface area (Å²) in [6.45, 7) is 3.93. The summed E-state index contributed by atoms with van der Waals surface area (Å²) in [5.41, 5.74) is 0.707. The first kappa shape index (κ1) is 13.1. The normalized spacial score (nSPS) is 12.3. The average molecular weight is 245 g/mol. The molecule has 1 N–H and O–H groups in total. The zero-order valence-electron chi connectivity index (χ0n) is 9.79. The SMILES string of the molecule is CC[C@@H](C)Oc1c(Cl)cc(CO)cc1OC. The monoisotopic (exact) mass is 244 g/mol. The van der Waals surface area contributed by atoms with Crippen LogP contribution in [-0.4, -0.2) is 18.3 Å². The lowest BCUT2D eigenvalue weighted by atomic mass is 10.2. The first-order valence-electron chi connectivity index (χ1n) is 5.26. The molecule has 0 aliphatic heterocycles. The molecule has 1 aromatic carbocycles. The Labute approximate surface area is 101 Å². The number of rotatable bonds is 5. The second-order valence-corrected chi connectivity index (χ2v) is 4.01. The Morgan fingerprint density at radius 3 is 2.62 bits per heavy atom. The number of hydrogen-bond donors (Lipinski definition) is 1. The summed E-state index contributed by atoms with van der Waals surface area (Å²) >= 11 is 6.08. The van der Waals surface area contributed by atoms with Crippen LogP contribution >= 0.6 is 11.6 Å². The van der Waals surface area contributed by atoms with Crippen molar-refractivity contribution in [2.75, 3.05) is 7.11 Å². The molecule has 0 bridgehead atoms. The van der Waals surface area contributed by atoms with Gasteiger partial charge in [-0.1, -0.05) is 18.5 Å². The summed E-state index contributed by atoms with van der Waals surface area (Å²) in [7, 11) is 1.55. The molecule has 1 aromatic rings. The number of hydrogen-bond acceptors (Lipinski definition) is 3. The fourth-order valence-corrected chi connectivity index (χ4v) is 1.54. The van der Waals surface area contributed by atoms with Gasteiger partial charge < -0.3 is 14.6 Å². The van der Waals surface area contributed by atoms with Crippen molar-refractivity contribution in [3.05, 3.63) is 22.7 Å². The van der Waals surface area contributed by atoms with Crippen molar-refractivity contribution >= 4 is 11.6 Å². The Morgan fingerprint density at radius 2 is 2.12 bits per heavy atom. The fraction of sp³-hybridized carbons (Fsp3) is 0.500. The minimum Gasteiger partial charge on any atom is -0.493 e. The van der Waals surface area contributed by atoms with Crippen LogP contribution in [0.25, 0.3) is 0 Å². The van der Waals surface area contributed by atoms with Gasteiger partial charge in [0.05, 0.1) is 24.8 Å². The molecule has 0 heterocycles. The molecule has 0 amide bonds. The highest BCUT2D eigenvalue weighted by molar-refractivity contribution is 6.32. The molecule has 0 aliphatic carbocycles. The Bertz CT molecular complexity index is 352. The minimum atomic E-state index is -0.0698. The molecule has 1 atom stereocenters. The van der Waals surface area contributed by atoms with Gasteiger partial charge in [-0.25, -0.2) is 0 Å². The van der Waals surface area contributed by atoms with E-state index in [4.69, 9.17) is 26.2 Å². The summed E-state index contributed by atoms with van der Waals surface area (Å²) in [5, 5.41) is 9.51. The second kappa shape index (κ2) is 5.97. The van der Waals surface area contributed by atoms with E-state index in [1.807, 2.05) is 13.8 Å². The molecule has 3 nitrogen and oxygen atoms in total. The van der Waals surface area contributed by atoms with Crippen molar-refractivity contribution in [2.24, 2.45) is 0 Å². The van der Waals surface area contributed by atoms with Gasteiger partial charge in [0, 0.05) is 0 Å². The van der Waals surface area contributed by atoms with Crippen LogP contribution in [-0.2, 0) is 6.61 Å². The molecule has 0 spiro atoms. The minimum absolute atomic E-state index is 0.0698. The van der Waals surface area contributed by atoms with Gasteiger partial charge in [-0.15, -0.1) is 0 Å². The average Bonchev–Trinajstić information content (AvgIpc) is 2.30. The van der Waals surface area contributed by atoms with E-state index in [-0.39, 0.29) is 12.7 Å². The highest BCUT2D eigenvalue weighted by Gasteiger charge is 2.13. The van der Waals surface area contributed by atoms with Crippen LogP contribution in [0, 0.1) is 0 Å². The molecule has 0 aliphatic rings. The predicted octanol–water partition coefficient (Wildman–Crippen LogP) is 3.02. The molecule has 0 saturated carbocycles. The number of halogens is 1. The Balaban J connectivity index is 3.06. The third-order valence-corrected chi connectivity index (χ3v) is 2.65. The van der Waals surface area contributed by atoms with Crippen molar-refractivity contribution in [3.63, 3.8) is 0 Å². The van der Waals surface area contributed by atoms with Crippen molar-refractivity contribution in [1.82, 2.24) is 0 Å². The third kappa shape index (κ3) is 3.03. The van der Waals surface area contributed by atoms with E-state index in [0.717, 1.165) is 6.42 Å². The quantitative estimate of drug-likeness (QED) is 0.865. The van der Waals surface area contributed by atoms with E-state index in [2.05, 4.69) is 0 Å². The molecule has 4 heteroatoms. The molecule has 1 rings (SSSR count). The third-order valence-electron chi connectivity index (χ3n) is 2.37. The molecular formula is C12H17ClO3. The zero-order valence-corrected chi connectivity index (χ0v) is 10.5. The smallest absolute Gasteiger partial charge is 0.180 e. The summed E-state index contributed by atoms with van der Waals surface area (Å²) in [6.07, 6.45) is 0.965. The van der Waals surface area contributed by atoms with E-state index >= 15 is 0 Å². The van der Waals surface area contributed by atoms with Crippen molar-refractivity contribution in [1.29, 1.82) is 0 Å². The van der Waals surface area contributed by atoms with Crippen LogP contribution in [0.5, 0.6) is 11.5 Å². The molecule has 0 fully saturated rings. The van der Waals surface area contributed by atoms with E-state index in [0.29, 0.717) is 22.1 Å². The summed E-state index contributed by atoms with van der Waals surface area (Å²) in [4.78, 5) is 0. The molecule has 0 saturated heterocycles. The maximum absolute atomic E-state index is 9.05. The molecule has 0 aromatic heterocycles. The van der Waals surface area contributed by atoms with Crippen molar-refractivity contribution in [2.45, 2.75) is 33.0 Å². The number of benzene rings is 1. The van der Waals surface area contributed by atoms with E-state index in [1.165, 1.54) is 0 Å². The Morgan fingerprint density at radius 1 is 1.44 bits per heavy atom. The van der Waals surface area contributed by atoms with Crippen LogP contribution in [0.15, 0.2) is 12.1 Å². The van der Waals surface area contributed by atoms with Crippen molar-refractivity contribution in [3.8, 4) is 11.5 Å². The lowest BCUT2D eigenvalue weighted by Crippen LogP contribution is -2.11. The van der Waals surface area contributed by atoms with Gasteiger partial charge in [-0.3, -0.25) is 0 Å². The zero-order chi connectivity index (χ0) is 12.1. The van der Waals surface area contributed by atoms with Gasteiger partial charge in [-0.05, 0) is 31.0 Å². The van der Waals surface area contributed by atoms with Gasteiger partial charge in [0.2, 0.25) is 0 Å². The van der Waals surface area contributed by atoms with Gasteiger partial charge >= 0.3 is 0 Å². The van der Waals surface area contributed by atoms with Gasteiger partial charge in [0.1, 0.15) is 0 Å². The van der Waals surface area contributed by atoms with Crippen molar-refractivity contribution < 1.29 is 14.6 Å². The first-order chi connectivity index (χ1) is 7.62. The number of aliphatic hydroxyl groups excluding tert-OH is 1. The summed E-state index contributed by atoms with van der Waals surface area (Å²) < 4.78 is 10.9. The topological polar surface area (TPSA) is 38.7 Å². The molecule has 90 valence electrons.